The van der Waals surface area contributed by atoms with Crippen molar-refractivity contribution in [3.8, 4) is 0 Å². The SMILES string of the molecule is CCCc1nn(C)c2c1nc(CCl)n2CCN(CC)CC. The number of nitrogens with zero attached hydrogens (tertiary/aromatic N) is 5. The van der Waals surface area contributed by atoms with Gasteiger partial charge in [0.05, 0.1) is 11.6 Å². The highest BCUT2D eigenvalue weighted by Crippen LogP contribution is 2.21. The first-order valence-electron chi connectivity index (χ1n) is 7.85. The summed E-state index contributed by atoms with van der Waals surface area (Å²) in [5, 5.41) is 4.62. The minimum absolute atomic E-state index is 0.443. The Bertz CT molecular complexity index is 582. The largest absolute Gasteiger partial charge is 0.311 e. The van der Waals surface area contributed by atoms with Crippen molar-refractivity contribution in [1.82, 2.24) is 24.2 Å². The molecule has 2 heterocycles. The van der Waals surface area contributed by atoms with Gasteiger partial charge in [-0.15, -0.1) is 11.6 Å². The number of hydrogen-bond donors (Lipinski definition) is 0. The molecule has 0 fully saturated rings. The van der Waals surface area contributed by atoms with Gasteiger partial charge in [-0.25, -0.2) is 4.98 Å². The van der Waals surface area contributed by atoms with Crippen molar-refractivity contribution in [3.05, 3.63) is 11.5 Å². The molecule has 0 amide bonds. The smallest absolute Gasteiger partial charge is 0.158 e. The van der Waals surface area contributed by atoms with E-state index in [0.717, 1.165) is 61.7 Å². The second-order valence-electron chi connectivity index (χ2n) is 5.33. The molecule has 0 aliphatic rings. The molecule has 0 saturated heterocycles. The van der Waals surface area contributed by atoms with Crippen molar-refractivity contribution in [2.45, 2.75) is 46.0 Å². The lowest BCUT2D eigenvalue weighted by Crippen LogP contribution is -2.27. The van der Waals surface area contributed by atoms with Gasteiger partial charge in [0.25, 0.3) is 0 Å². The van der Waals surface area contributed by atoms with Gasteiger partial charge in [0.1, 0.15) is 11.3 Å². The van der Waals surface area contributed by atoms with E-state index in [4.69, 9.17) is 16.6 Å². The van der Waals surface area contributed by atoms with E-state index in [1.807, 2.05) is 11.7 Å². The van der Waals surface area contributed by atoms with E-state index in [9.17, 15) is 0 Å². The highest BCUT2D eigenvalue weighted by Gasteiger charge is 2.18. The Morgan fingerprint density at radius 2 is 1.90 bits per heavy atom. The first-order valence-corrected chi connectivity index (χ1v) is 8.38. The maximum Gasteiger partial charge on any atom is 0.158 e. The van der Waals surface area contributed by atoms with Gasteiger partial charge in [-0.3, -0.25) is 4.68 Å². The molecule has 0 bridgehead atoms. The molecule has 2 aromatic rings. The van der Waals surface area contributed by atoms with E-state index in [0.29, 0.717) is 5.88 Å². The molecule has 0 unspecified atom stereocenters. The molecule has 0 spiro atoms. The summed E-state index contributed by atoms with van der Waals surface area (Å²) in [5.74, 6) is 1.39. The number of alkyl halides is 1. The fourth-order valence-electron chi connectivity index (χ4n) is 2.81. The molecular formula is C15H26ClN5. The zero-order chi connectivity index (χ0) is 15.4. The maximum absolute atomic E-state index is 6.10. The molecule has 5 nitrogen and oxygen atoms in total. The predicted molar refractivity (Wildman–Crippen MR) is 87.8 cm³/mol. The third-order valence-corrected chi connectivity index (χ3v) is 4.25. The molecule has 0 aliphatic heterocycles. The van der Waals surface area contributed by atoms with Crippen molar-refractivity contribution in [3.63, 3.8) is 0 Å². The van der Waals surface area contributed by atoms with Crippen LogP contribution in [0.3, 0.4) is 0 Å². The molecule has 0 N–H and O–H groups in total. The monoisotopic (exact) mass is 311 g/mol. The summed E-state index contributed by atoms with van der Waals surface area (Å²) in [6.45, 7) is 10.6. The quantitative estimate of drug-likeness (QED) is 0.704. The van der Waals surface area contributed by atoms with Gasteiger partial charge in [-0.2, -0.15) is 5.10 Å². The van der Waals surface area contributed by atoms with Crippen LogP contribution in [0.4, 0.5) is 0 Å². The van der Waals surface area contributed by atoms with Crippen molar-refractivity contribution in [2.75, 3.05) is 19.6 Å². The minimum atomic E-state index is 0.443. The fourth-order valence-corrected chi connectivity index (χ4v) is 3.01. The van der Waals surface area contributed by atoms with E-state index in [-0.39, 0.29) is 0 Å². The fraction of sp³-hybridized carbons (Fsp3) is 0.733. The normalized spacial score (nSPS) is 11.9. The number of fused-ring (bicyclic) bond motifs is 1. The predicted octanol–water partition coefficient (Wildman–Crippen LogP) is 2.80. The van der Waals surface area contributed by atoms with Gasteiger partial charge < -0.3 is 9.47 Å². The molecule has 0 aliphatic carbocycles. The topological polar surface area (TPSA) is 38.9 Å². The highest BCUT2D eigenvalue weighted by atomic mass is 35.5. The molecular weight excluding hydrogens is 286 g/mol. The van der Waals surface area contributed by atoms with Crippen LogP contribution >= 0.6 is 11.6 Å². The molecule has 0 saturated carbocycles. The summed E-state index contributed by atoms with van der Waals surface area (Å²) in [6.07, 6.45) is 2.04. The van der Waals surface area contributed by atoms with Crippen molar-refractivity contribution in [2.24, 2.45) is 7.05 Å². The second-order valence-corrected chi connectivity index (χ2v) is 5.60. The van der Waals surface area contributed by atoms with Crippen LogP contribution in [0.25, 0.3) is 11.2 Å². The summed E-state index contributed by atoms with van der Waals surface area (Å²) in [4.78, 5) is 7.14. The van der Waals surface area contributed by atoms with Gasteiger partial charge in [0, 0.05) is 20.1 Å². The van der Waals surface area contributed by atoms with Crippen LogP contribution in [-0.2, 0) is 25.9 Å². The number of aryl methyl sites for hydroxylation is 2. The molecule has 0 atom stereocenters. The van der Waals surface area contributed by atoms with Crippen LogP contribution in [0.5, 0.6) is 0 Å². The Hall–Kier alpha value is -1.07. The lowest BCUT2D eigenvalue weighted by Gasteiger charge is -2.19. The van der Waals surface area contributed by atoms with E-state index >= 15 is 0 Å². The Morgan fingerprint density at radius 1 is 1.19 bits per heavy atom. The number of likely N-dealkylation sites (N-methyl/N-ethyl adjacent to an activating group) is 1. The molecule has 21 heavy (non-hydrogen) atoms. The molecule has 0 aromatic carbocycles. The molecule has 6 heteroatoms. The summed E-state index contributed by atoms with van der Waals surface area (Å²) in [7, 11) is 2.00. The molecule has 118 valence electrons. The Morgan fingerprint density at radius 3 is 2.48 bits per heavy atom. The summed E-state index contributed by atoms with van der Waals surface area (Å²) in [6, 6.07) is 0. The summed E-state index contributed by atoms with van der Waals surface area (Å²) >= 11 is 6.10. The average molecular weight is 312 g/mol. The molecule has 0 radical (unpaired) electrons. The van der Waals surface area contributed by atoms with Crippen molar-refractivity contribution < 1.29 is 0 Å². The first-order chi connectivity index (χ1) is 10.2. The molecule has 2 aromatic heterocycles. The number of hydrogen-bond acceptors (Lipinski definition) is 3. The zero-order valence-corrected chi connectivity index (χ0v) is 14.3. The lowest BCUT2D eigenvalue weighted by molar-refractivity contribution is 0.290. The first kappa shape index (κ1) is 16.3. The minimum Gasteiger partial charge on any atom is -0.311 e. The van der Waals surface area contributed by atoms with E-state index in [1.54, 1.807) is 0 Å². The van der Waals surface area contributed by atoms with Crippen LogP contribution in [0, 0.1) is 0 Å². The van der Waals surface area contributed by atoms with Crippen LogP contribution < -0.4 is 0 Å². The van der Waals surface area contributed by atoms with Gasteiger partial charge >= 0.3 is 0 Å². The van der Waals surface area contributed by atoms with Crippen molar-refractivity contribution >= 4 is 22.8 Å². The Balaban J connectivity index is 2.36. The number of rotatable bonds is 8. The number of halogens is 1. The Kier molecular flexibility index (Phi) is 5.65. The summed E-state index contributed by atoms with van der Waals surface area (Å²) in [5.41, 5.74) is 3.21. The lowest BCUT2D eigenvalue weighted by atomic mass is 10.2. The van der Waals surface area contributed by atoms with Gasteiger partial charge in [-0.1, -0.05) is 27.2 Å². The third-order valence-electron chi connectivity index (χ3n) is 4.01. The Labute approximate surface area is 131 Å². The third kappa shape index (κ3) is 3.24. The van der Waals surface area contributed by atoms with Gasteiger partial charge in [0.2, 0.25) is 0 Å². The van der Waals surface area contributed by atoms with E-state index in [1.165, 1.54) is 0 Å². The van der Waals surface area contributed by atoms with E-state index in [2.05, 4.69) is 35.3 Å². The van der Waals surface area contributed by atoms with Crippen molar-refractivity contribution in [1.29, 1.82) is 0 Å². The number of aromatic nitrogens is 4. The van der Waals surface area contributed by atoms with Crippen LogP contribution in [-0.4, -0.2) is 43.9 Å². The van der Waals surface area contributed by atoms with Crippen LogP contribution in [0.15, 0.2) is 0 Å². The molecule has 2 rings (SSSR count). The van der Waals surface area contributed by atoms with Gasteiger partial charge in [0.15, 0.2) is 5.65 Å². The zero-order valence-electron chi connectivity index (χ0n) is 13.6. The second kappa shape index (κ2) is 7.27. The number of imidazole rings is 1. The average Bonchev–Trinajstić information content (AvgIpc) is 2.99. The van der Waals surface area contributed by atoms with E-state index < -0.39 is 0 Å². The van der Waals surface area contributed by atoms with Crippen LogP contribution in [0.2, 0.25) is 0 Å². The van der Waals surface area contributed by atoms with Gasteiger partial charge in [-0.05, 0) is 19.5 Å². The van der Waals surface area contributed by atoms with Crippen LogP contribution in [0.1, 0.15) is 38.7 Å². The summed E-state index contributed by atoms with van der Waals surface area (Å²) < 4.78 is 4.18. The standard InChI is InChI=1S/C15H26ClN5/c1-5-8-12-14-15(19(4)18-12)21(13(11-16)17-14)10-9-20(6-2)7-3/h5-11H2,1-4H3. The maximum atomic E-state index is 6.10. The highest BCUT2D eigenvalue weighted by molar-refractivity contribution is 6.16.